The van der Waals surface area contributed by atoms with Gasteiger partial charge in [0.25, 0.3) is 0 Å². The highest BCUT2D eigenvalue weighted by atomic mass is 19.4. The van der Waals surface area contributed by atoms with E-state index >= 15 is 0 Å². The number of amides is 2. The number of ether oxygens (including phenoxy) is 2. The Kier molecular flexibility index (Phi) is 11.7. The average Bonchev–Trinajstić information content (AvgIpc) is 3.66. The summed E-state index contributed by atoms with van der Waals surface area (Å²) < 4.78 is 52.5. The zero-order valence-electron chi connectivity index (χ0n) is 29.3. The molecule has 5 atom stereocenters. The van der Waals surface area contributed by atoms with E-state index < -0.39 is 30.3 Å². The number of benzene rings is 4. The van der Waals surface area contributed by atoms with Crippen molar-refractivity contribution in [3.63, 3.8) is 0 Å². The van der Waals surface area contributed by atoms with Gasteiger partial charge < -0.3 is 24.8 Å². The van der Waals surface area contributed by atoms with Crippen LogP contribution in [0.25, 0.3) is 11.1 Å². The molecule has 2 heterocycles. The molecular weight excluding hydrogens is 671 g/mol. The van der Waals surface area contributed by atoms with Gasteiger partial charge in [-0.2, -0.15) is 13.2 Å². The molecule has 52 heavy (non-hydrogen) atoms. The molecule has 2 amide bonds. The van der Waals surface area contributed by atoms with E-state index in [2.05, 4.69) is 36.3 Å². The Morgan fingerprint density at radius 3 is 2.29 bits per heavy atom. The normalized spacial score (nSPS) is 21.2. The smallest absolute Gasteiger partial charge is 0.392 e. The predicted octanol–water partition coefficient (Wildman–Crippen LogP) is 7.25. The largest absolute Gasteiger partial charge is 0.471 e. The molecule has 0 aromatic heterocycles. The number of likely N-dealkylation sites (tertiary alicyclic amines) is 1. The molecule has 11 heteroatoms. The Balaban J connectivity index is 1.17. The second-order valence-electron chi connectivity index (χ2n) is 13.5. The first-order valence-electron chi connectivity index (χ1n) is 17.6. The van der Waals surface area contributed by atoms with E-state index in [9.17, 15) is 27.9 Å². The van der Waals surface area contributed by atoms with Gasteiger partial charge in [0.15, 0.2) is 6.29 Å². The molecular formula is C41H44F3N3O5. The highest BCUT2D eigenvalue weighted by molar-refractivity contribution is 5.90. The van der Waals surface area contributed by atoms with Gasteiger partial charge in [-0.3, -0.25) is 14.5 Å². The molecule has 0 aliphatic carbocycles. The van der Waals surface area contributed by atoms with Gasteiger partial charge in [0.05, 0.1) is 18.8 Å². The number of nitrogens with one attached hydrogen (secondary N) is 1. The SMILES string of the molecule is C[C@@H](c1ccccc1)N(C)C[C@@H]1C[C@H](c2ccc(CO)cc2)O[C@H](c2ccc(-c3ccccc3CNC(=O)[C@@H]3CCCN3C(=O)C(F)(F)F)cc2)O1. The molecule has 0 radical (unpaired) electrons. The van der Waals surface area contributed by atoms with Crippen molar-refractivity contribution in [3.8, 4) is 11.1 Å². The number of halogens is 3. The van der Waals surface area contributed by atoms with Crippen molar-refractivity contribution in [2.75, 3.05) is 20.1 Å². The van der Waals surface area contributed by atoms with Gasteiger partial charge in [0.2, 0.25) is 5.91 Å². The summed E-state index contributed by atoms with van der Waals surface area (Å²) in [6.45, 7) is 2.81. The number of likely N-dealkylation sites (N-methyl/N-ethyl adjacent to an activating group) is 1. The number of rotatable bonds is 11. The number of carbonyl (C=O) groups is 2. The Morgan fingerprint density at radius 1 is 0.923 bits per heavy atom. The van der Waals surface area contributed by atoms with Crippen molar-refractivity contribution >= 4 is 11.8 Å². The van der Waals surface area contributed by atoms with Crippen molar-refractivity contribution < 1.29 is 37.3 Å². The molecule has 0 saturated carbocycles. The number of carbonyl (C=O) groups excluding carboxylic acids is 2. The average molecular weight is 716 g/mol. The third-order valence-electron chi connectivity index (χ3n) is 10.1. The summed E-state index contributed by atoms with van der Waals surface area (Å²) in [5.41, 5.74) is 6.40. The minimum atomic E-state index is -5.03. The maximum absolute atomic E-state index is 13.1. The van der Waals surface area contributed by atoms with Crippen LogP contribution in [0.2, 0.25) is 0 Å². The first-order chi connectivity index (χ1) is 25.0. The molecule has 0 spiro atoms. The number of alkyl halides is 3. The van der Waals surface area contributed by atoms with Crippen molar-refractivity contribution in [2.24, 2.45) is 0 Å². The predicted molar refractivity (Wildman–Crippen MR) is 190 cm³/mol. The zero-order chi connectivity index (χ0) is 36.8. The van der Waals surface area contributed by atoms with Crippen molar-refractivity contribution in [1.82, 2.24) is 15.1 Å². The highest BCUT2D eigenvalue weighted by Crippen LogP contribution is 2.39. The van der Waals surface area contributed by atoms with Crippen LogP contribution in [0, 0.1) is 0 Å². The Morgan fingerprint density at radius 2 is 1.60 bits per heavy atom. The summed E-state index contributed by atoms with van der Waals surface area (Å²) in [7, 11) is 2.09. The Hall–Kier alpha value is -4.55. The van der Waals surface area contributed by atoms with E-state index in [-0.39, 0.29) is 44.4 Å². The molecule has 6 rings (SSSR count). The Labute approximate surface area is 302 Å². The lowest BCUT2D eigenvalue weighted by atomic mass is 9.97. The van der Waals surface area contributed by atoms with Crippen molar-refractivity contribution in [1.29, 1.82) is 0 Å². The number of hydrogen-bond donors (Lipinski definition) is 2. The number of nitrogens with zero attached hydrogens (tertiary/aromatic N) is 2. The first kappa shape index (κ1) is 37.2. The summed E-state index contributed by atoms with van der Waals surface area (Å²) in [6.07, 6.45) is -4.87. The van der Waals surface area contributed by atoms with Crippen LogP contribution in [0.15, 0.2) is 103 Å². The minimum Gasteiger partial charge on any atom is -0.392 e. The van der Waals surface area contributed by atoms with Gasteiger partial charge in [-0.25, -0.2) is 0 Å². The molecule has 0 bridgehead atoms. The maximum atomic E-state index is 13.1. The van der Waals surface area contributed by atoms with Gasteiger partial charge >= 0.3 is 12.1 Å². The van der Waals surface area contributed by atoms with Gasteiger partial charge in [-0.05, 0) is 60.2 Å². The van der Waals surface area contributed by atoms with Crippen LogP contribution in [0.5, 0.6) is 0 Å². The van der Waals surface area contributed by atoms with Gasteiger partial charge in [0.1, 0.15) is 6.04 Å². The topological polar surface area (TPSA) is 91.3 Å². The van der Waals surface area contributed by atoms with Crippen LogP contribution in [-0.4, -0.2) is 65.2 Å². The molecule has 2 saturated heterocycles. The molecule has 0 unspecified atom stereocenters. The van der Waals surface area contributed by atoms with Gasteiger partial charge in [0, 0.05) is 37.7 Å². The second kappa shape index (κ2) is 16.4. The molecule has 2 aliphatic rings. The number of aliphatic hydroxyl groups is 1. The molecule has 8 nitrogen and oxygen atoms in total. The zero-order valence-corrected chi connectivity index (χ0v) is 29.3. The fourth-order valence-electron chi connectivity index (χ4n) is 7.02. The fraction of sp³-hybridized carbons (Fsp3) is 0.366. The summed E-state index contributed by atoms with van der Waals surface area (Å²) in [5.74, 6) is -2.59. The van der Waals surface area contributed by atoms with Crippen LogP contribution in [0.1, 0.15) is 72.4 Å². The molecule has 2 aliphatic heterocycles. The van der Waals surface area contributed by atoms with Crippen LogP contribution >= 0.6 is 0 Å². The molecule has 2 N–H and O–H groups in total. The van der Waals surface area contributed by atoms with E-state index in [1.165, 1.54) is 5.56 Å². The van der Waals surface area contributed by atoms with Gasteiger partial charge in [-0.1, -0.05) is 103 Å². The van der Waals surface area contributed by atoms with Crippen LogP contribution in [0.4, 0.5) is 13.2 Å². The quantitative estimate of drug-likeness (QED) is 0.170. The maximum Gasteiger partial charge on any atom is 0.471 e. The van der Waals surface area contributed by atoms with Crippen LogP contribution in [-0.2, 0) is 32.2 Å². The molecule has 2 fully saturated rings. The van der Waals surface area contributed by atoms with Crippen molar-refractivity contribution in [2.45, 2.75) is 76.1 Å². The van der Waals surface area contributed by atoms with E-state index in [0.29, 0.717) is 24.3 Å². The molecule has 4 aromatic carbocycles. The summed E-state index contributed by atoms with van der Waals surface area (Å²) in [5, 5.41) is 12.3. The molecule has 4 aromatic rings. The summed E-state index contributed by atoms with van der Waals surface area (Å²) >= 11 is 0. The van der Waals surface area contributed by atoms with Crippen LogP contribution < -0.4 is 5.32 Å². The van der Waals surface area contributed by atoms with Crippen molar-refractivity contribution in [3.05, 3.63) is 131 Å². The lowest BCUT2D eigenvalue weighted by Crippen LogP contribution is -2.50. The Bertz CT molecular complexity index is 1800. The van der Waals surface area contributed by atoms with E-state index in [4.69, 9.17) is 9.47 Å². The summed E-state index contributed by atoms with van der Waals surface area (Å²) in [6, 6.07) is 32.5. The highest BCUT2D eigenvalue weighted by Gasteiger charge is 2.47. The number of aliphatic hydroxyl groups excluding tert-OH is 1. The van der Waals surface area contributed by atoms with E-state index in [1.807, 2.05) is 91.0 Å². The third-order valence-corrected chi connectivity index (χ3v) is 10.1. The monoisotopic (exact) mass is 715 g/mol. The van der Waals surface area contributed by atoms with E-state index in [1.54, 1.807) is 0 Å². The lowest BCUT2D eigenvalue weighted by Gasteiger charge is -2.39. The van der Waals surface area contributed by atoms with Gasteiger partial charge in [-0.15, -0.1) is 0 Å². The number of hydrogen-bond acceptors (Lipinski definition) is 6. The minimum absolute atomic E-state index is 0.0354. The van der Waals surface area contributed by atoms with E-state index in [0.717, 1.165) is 33.4 Å². The third kappa shape index (κ3) is 8.73. The standard InChI is InChI=1S/C41H44F3N3O5/c1-27(29-9-4-3-5-10-29)46(2)25-34-23-37(31-16-14-28(26-48)15-17-31)52-39(51-34)32-20-18-30(19-21-32)35-12-7-6-11-33(35)24-45-38(49)36-13-8-22-47(36)40(50)41(42,43)44/h3-7,9-12,14-21,27,34,36-37,39,48H,8,13,22-26H2,1-2H3,(H,45,49)/t27-,34-,36-,37+,39+/m0/s1. The first-order valence-corrected chi connectivity index (χ1v) is 17.6. The summed E-state index contributed by atoms with van der Waals surface area (Å²) in [4.78, 5) is 27.8. The lowest BCUT2D eigenvalue weighted by molar-refractivity contribution is -0.253. The molecule has 274 valence electrons. The fourth-order valence-corrected chi connectivity index (χ4v) is 7.02. The second-order valence-corrected chi connectivity index (χ2v) is 13.5. The van der Waals surface area contributed by atoms with Crippen LogP contribution in [0.3, 0.4) is 0 Å².